The molecule has 0 radical (unpaired) electrons. The zero-order valence-corrected chi connectivity index (χ0v) is 36.4. The molecule has 2 atom stereocenters. The first-order valence-electron chi connectivity index (χ1n) is 20.6. The van der Waals surface area contributed by atoms with Gasteiger partial charge in [-0.3, -0.25) is 14.2 Å². The molecule has 4 heterocycles. The van der Waals surface area contributed by atoms with Crippen LogP contribution in [-0.2, 0) is 16.1 Å². The van der Waals surface area contributed by atoms with E-state index in [0.717, 1.165) is 34.2 Å². The predicted molar refractivity (Wildman–Crippen MR) is 233 cm³/mol. The van der Waals surface area contributed by atoms with Gasteiger partial charge in [0.1, 0.15) is 34.8 Å². The Kier molecular flexibility index (Phi) is 11.6. The first kappa shape index (κ1) is 41.6. The van der Waals surface area contributed by atoms with Crippen LogP contribution < -0.4 is 26.4 Å². The number of hydrogen-bond donors (Lipinski definition) is 1. The van der Waals surface area contributed by atoms with Crippen LogP contribution in [0.4, 0.5) is 4.39 Å². The number of nitrogens with zero attached hydrogens (tertiary/aromatic N) is 4. The summed E-state index contributed by atoms with van der Waals surface area (Å²) in [6.07, 6.45) is 6.11. The van der Waals surface area contributed by atoms with Crippen LogP contribution in [0.5, 0.6) is 5.75 Å². The van der Waals surface area contributed by atoms with Gasteiger partial charge in [-0.1, -0.05) is 74.5 Å². The third kappa shape index (κ3) is 7.48. The molecule has 0 bridgehead atoms. The quantitative estimate of drug-likeness (QED) is 0.123. The van der Waals surface area contributed by atoms with E-state index in [9.17, 15) is 19.2 Å². The molecule has 1 aliphatic carbocycles. The number of hydrogen-bond acceptors (Lipinski definition) is 9. The van der Waals surface area contributed by atoms with Crippen molar-refractivity contribution in [2.24, 2.45) is 5.92 Å². The van der Waals surface area contributed by atoms with Crippen molar-refractivity contribution in [2.45, 2.75) is 89.1 Å². The van der Waals surface area contributed by atoms with Crippen molar-refractivity contribution in [3.63, 3.8) is 0 Å². The van der Waals surface area contributed by atoms with Crippen LogP contribution in [-0.4, -0.2) is 64.8 Å². The van der Waals surface area contributed by atoms with Crippen molar-refractivity contribution in [1.82, 2.24) is 19.0 Å². The van der Waals surface area contributed by atoms with E-state index < -0.39 is 42.6 Å². The Hall–Kier alpha value is -5.15. The van der Waals surface area contributed by atoms with E-state index in [2.05, 4.69) is 18.8 Å². The van der Waals surface area contributed by atoms with Crippen LogP contribution in [0.25, 0.3) is 21.0 Å². The zero-order valence-electron chi connectivity index (χ0n) is 34.6. The fourth-order valence-electron chi connectivity index (χ4n) is 9.60. The van der Waals surface area contributed by atoms with E-state index in [1.807, 2.05) is 60.7 Å². The summed E-state index contributed by atoms with van der Waals surface area (Å²) in [4.78, 5) is 62.1. The molecule has 1 saturated heterocycles. The van der Waals surface area contributed by atoms with Crippen molar-refractivity contribution in [3.8, 4) is 16.5 Å². The molecule has 1 saturated carbocycles. The highest BCUT2D eigenvalue weighted by molar-refractivity contribution is 7.22. The largest absolute Gasteiger partial charge is 0.496 e. The highest BCUT2D eigenvalue weighted by atomic mass is 32.1. The van der Waals surface area contributed by atoms with Gasteiger partial charge in [0.2, 0.25) is 11.8 Å². The van der Waals surface area contributed by atoms with Crippen molar-refractivity contribution < 1.29 is 27.9 Å². The molecule has 3 aromatic carbocycles. The maximum Gasteiger partial charge on any atom is 0.332 e. The Morgan fingerprint density at radius 2 is 1.65 bits per heavy atom. The Morgan fingerprint density at radius 3 is 2.23 bits per heavy atom. The van der Waals surface area contributed by atoms with Gasteiger partial charge in [-0.25, -0.2) is 18.7 Å². The van der Waals surface area contributed by atoms with Crippen LogP contribution >= 0.6 is 11.3 Å². The van der Waals surface area contributed by atoms with Crippen molar-refractivity contribution in [2.75, 3.05) is 20.7 Å². The summed E-state index contributed by atoms with van der Waals surface area (Å²) in [7, 11) is -0.0382. The summed E-state index contributed by atoms with van der Waals surface area (Å²) in [6.45, 7) is 6.50. The van der Waals surface area contributed by atoms with Gasteiger partial charge in [0, 0.05) is 19.2 Å². The fraction of sp³-hybridized carbons (Fsp3) is 0.391. The molecule has 314 valence electrons. The summed E-state index contributed by atoms with van der Waals surface area (Å²) in [5.74, 6) is 0.233. The lowest BCUT2D eigenvalue weighted by molar-refractivity contribution is -0.129. The number of benzene rings is 3. The lowest BCUT2D eigenvalue weighted by Crippen LogP contribution is -2.65. The van der Waals surface area contributed by atoms with Crippen LogP contribution in [0.2, 0.25) is 5.04 Å². The number of aryl methyl sites for hydroxylation is 1. The summed E-state index contributed by atoms with van der Waals surface area (Å²) < 4.78 is 36.1. The minimum Gasteiger partial charge on any atom is -0.496 e. The molecule has 8 rings (SSSR count). The smallest absolute Gasteiger partial charge is 0.332 e. The molecule has 1 aliphatic heterocycles. The molecule has 14 heteroatoms. The van der Waals surface area contributed by atoms with Gasteiger partial charge in [-0.05, 0) is 90.5 Å². The Labute approximate surface area is 353 Å². The van der Waals surface area contributed by atoms with Crippen molar-refractivity contribution in [1.29, 1.82) is 0 Å². The maximum atomic E-state index is 15.2. The number of likely N-dealkylation sites (N-methyl/N-ethyl adjacent to an activating group) is 1. The van der Waals surface area contributed by atoms with Gasteiger partial charge in [-0.15, -0.1) is 11.3 Å². The number of amides is 1. The molecule has 1 N–H and O–H groups in total. The van der Waals surface area contributed by atoms with Gasteiger partial charge in [-0.2, -0.15) is 0 Å². The summed E-state index contributed by atoms with van der Waals surface area (Å²) in [6, 6.07) is 23.4. The average Bonchev–Trinajstić information content (AvgIpc) is 3.99. The fourth-order valence-corrected chi connectivity index (χ4v) is 14.7. The second kappa shape index (κ2) is 16.7. The molecule has 1 amide bonds. The van der Waals surface area contributed by atoms with Gasteiger partial charge >= 0.3 is 5.69 Å². The standard InChI is InChI=1S/C46H51FN4O7SSi/c1-29-39-43(53)51(36-22-24-49(4)42(36)52)45(54)50(44(39)59-40(29)41-48-23-25-57-41)28-38(35-26-31(47)18-21-37(35)56-5)58-32-19-16-30(17-20-32)27-46(2,3)60(55,33-12-8-6-9-13-33)34-14-10-7-11-15-34/h6-15,18,21,23,25-26,30,32,36,38,55H,16-17,19-20,22,24,27-28H2,1-5H3/t30?,32?,36-,38-/m0/s1. The SMILES string of the molecule is COc1ccc(F)cc1[C@H](Cn1c(=O)n([C@H]2CCN(C)C2=O)c(=O)c2c(C)c(-c3ncco3)sc21)OC1CCC(CC(C)(C)[Si](O)(c2ccccc2)c2ccccc2)CC1. The summed E-state index contributed by atoms with van der Waals surface area (Å²) in [5, 5.41) is 1.86. The lowest BCUT2D eigenvalue weighted by atomic mass is 9.82. The Morgan fingerprint density at radius 1 is 0.983 bits per heavy atom. The maximum absolute atomic E-state index is 15.2. The van der Waals surface area contributed by atoms with Gasteiger partial charge in [0.05, 0.1) is 36.2 Å². The summed E-state index contributed by atoms with van der Waals surface area (Å²) in [5.41, 5.74) is -0.189. The molecule has 2 fully saturated rings. The number of fused-ring (bicyclic) bond motifs is 1. The van der Waals surface area contributed by atoms with Crippen LogP contribution in [0.1, 0.15) is 75.6 Å². The van der Waals surface area contributed by atoms with Gasteiger partial charge < -0.3 is 23.6 Å². The second-order valence-corrected chi connectivity index (χ2v) is 21.8. The van der Waals surface area contributed by atoms with Crippen LogP contribution in [0.15, 0.2) is 105 Å². The van der Waals surface area contributed by atoms with Gasteiger partial charge in [0.25, 0.3) is 13.9 Å². The van der Waals surface area contributed by atoms with E-state index in [-0.39, 0.29) is 23.9 Å². The number of carbonyl (C=O) groups excluding carboxylic acids is 1. The number of methoxy groups -OCH3 is 1. The molecule has 3 aromatic heterocycles. The van der Waals surface area contributed by atoms with Crippen molar-refractivity contribution >= 4 is 46.2 Å². The number of likely N-dealkylation sites (tertiary alicyclic amines) is 1. The molecule has 0 spiro atoms. The first-order valence-corrected chi connectivity index (χ1v) is 23.3. The van der Waals surface area contributed by atoms with Gasteiger partial charge in [0.15, 0.2) is 0 Å². The van der Waals surface area contributed by atoms with E-state index in [1.54, 1.807) is 20.0 Å². The van der Waals surface area contributed by atoms with E-state index in [0.29, 0.717) is 64.2 Å². The van der Waals surface area contributed by atoms with Crippen LogP contribution in [0, 0.1) is 18.7 Å². The first-order chi connectivity index (χ1) is 28.8. The summed E-state index contributed by atoms with van der Waals surface area (Å²) >= 11 is 1.21. The topological polar surface area (TPSA) is 129 Å². The number of thiophene rings is 1. The third-order valence-electron chi connectivity index (χ3n) is 12.8. The minimum atomic E-state index is -3.20. The Bertz CT molecular complexity index is 2560. The molecule has 6 aromatic rings. The highest BCUT2D eigenvalue weighted by Crippen LogP contribution is 2.46. The number of carbonyl (C=O) groups is 1. The second-order valence-electron chi connectivity index (χ2n) is 16.9. The monoisotopic (exact) mass is 850 g/mol. The minimum absolute atomic E-state index is 0.0864. The molecular formula is C46H51FN4O7SSi. The number of halogens is 1. The molecule has 60 heavy (non-hydrogen) atoms. The molecule has 0 unspecified atom stereocenters. The van der Waals surface area contributed by atoms with E-state index >= 15 is 4.39 Å². The number of oxazole rings is 1. The molecule has 2 aliphatic rings. The predicted octanol–water partition coefficient (Wildman–Crippen LogP) is 6.98. The zero-order chi connectivity index (χ0) is 42.3. The number of rotatable bonds is 13. The lowest BCUT2D eigenvalue weighted by Gasteiger charge is -2.44. The Balaban J connectivity index is 1.13. The van der Waals surface area contributed by atoms with E-state index in [4.69, 9.17) is 13.9 Å². The number of ether oxygens (including phenoxy) is 2. The third-order valence-corrected chi connectivity index (χ3v) is 18.6. The normalized spacial score (nSPS) is 19.3. The van der Waals surface area contributed by atoms with Crippen LogP contribution in [0.3, 0.4) is 0 Å². The number of aromatic nitrogens is 3. The molecular weight excluding hydrogens is 800 g/mol. The highest BCUT2D eigenvalue weighted by Gasteiger charge is 2.51. The molecule has 11 nitrogen and oxygen atoms in total. The van der Waals surface area contributed by atoms with Crippen molar-refractivity contribution in [3.05, 3.63) is 129 Å². The average molecular weight is 851 g/mol. The van der Waals surface area contributed by atoms with E-state index in [1.165, 1.54) is 52.5 Å².